The molecule has 0 unspecified atom stereocenters. The van der Waals surface area contributed by atoms with Crippen molar-refractivity contribution in [1.29, 1.82) is 0 Å². The van der Waals surface area contributed by atoms with Crippen LogP contribution in [-0.4, -0.2) is 16.9 Å². The molecule has 3 rings (SSSR count). The minimum atomic E-state index is -0.860. The van der Waals surface area contributed by atoms with Gasteiger partial charge in [-0.05, 0) is 50.5 Å². The highest BCUT2D eigenvalue weighted by Crippen LogP contribution is 2.60. The quantitative estimate of drug-likeness (QED) is 0.778. The first-order chi connectivity index (χ1) is 8.36. The average Bonchev–Trinajstić information content (AvgIpc) is 2.26. The van der Waals surface area contributed by atoms with Crippen molar-refractivity contribution in [3.8, 4) is 0 Å². The molecule has 3 heteroatoms. The highest BCUT2D eigenvalue weighted by molar-refractivity contribution is 5.96. The predicted octanol–water partition coefficient (Wildman–Crippen LogP) is 2.97. The van der Waals surface area contributed by atoms with Crippen LogP contribution >= 0.6 is 0 Å². The summed E-state index contributed by atoms with van der Waals surface area (Å²) in [5.41, 5.74) is 1.64. The third-order valence-electron chi connectivity index (χ3n) is 4.80. The molecule has 3 atom stereocenters. The molecule has 0 aliphatic heterocycles. The molecule has 3 nitrogen and oxygen atoms in total. The van der Waals surface area contributed by atoms with Crippen molar-refractivity contribution in [2.75, 3.05) is 0 Å². The first kappa shape index (κ1) is 13.1. The average molecular weight is 248 g/mol. The van der Waals surface area contributed by atoms with Gasteiger partial charge < -0.3 is 5.11 Å². The van der Waals surface area contributed by atoms with E-state index in [9.17, 15) is 9.59 Å². The van der Waals surface area contributed by atoms with Crippen LogP contribution in [0.15, 0.2) is 23.3 Å². The second-order valence-corrected chi connectivity index (χ2v) is 5.87. The van der Waals surface area contributed by atoms with Crippen molar-refractivity contribution in [2.24, 2.45) is 17.3 Å². The Labute approximate surface area is 108 Å². The summed E-state index contributed by atoms with van der Waals surface area (Å²) in [7, 11) is 0. The van der Waals surface area contributed by atoms with Gasteiger partial charge in [-0.3, -0.25) is 4.79 Å². The number of carbonyl (C=O) groups excluding carboxylic acids is 1. The lowest BCUT2D eigenvalue weighted by Gasteiger charge is -2.56. The van der Waals surface area contributed by atoms with Gasteiger partial charge in [-0.2, -0.15) is 0 Å². The smallest absolute Gasteiger partial charge is 0.330 e. The monoisotopic (exact) mass is 248 g/mol. The molecule has 3 aliphatic rings. The summed E-state index contributed by atoms with van der Waals surface area (Å²) in [5, 5.41) is 8.80. The number of hydrogen-bond donors (Lipinski definition) is 1. The van der Waals surface area contributed by atoms with Crippen LogP contribution in [0.2, 0.25) is 0 Å². The molecule has 3 aliphatic carbocycles. The summed E-state index contributed by atoms with van der Waals surface area (Å²) >= 11 is 0. The molecule has 0 radical (unpaired) electrons. The maximum absolute atomic E-state index is 11.9. The number of hydrogen-bond acceptors (Lipinski definition) is 2. The Bertz CT molecular complexity index is 458. The summed E-state index contributed by atoms with van der Waals surface area (Å²) in [5.74, 6) is 0.0704. The third-order valence-corrected chi connectivity index (χ3v) is 4.80. The number of allylic oxidation sites excluding steroid dienone is 3. The number of ketones is 1. The van der Waals surface area contributed by atoms with Gasteiger partial charge in [0.1, 0.15) is 0 Å². The molecule has 1 fully saturated rings. The standard InChI is InChI=1S/C15H20O3/c1-9(14(17)18)5-4-6-15(3)11-8-12(15)13(16)7-10(11)2/h5,7,11-12H,4,6,8H2,1-3H3,(H,17,18)/b9-5+/t11-,12+,15-/m0/s1. The lowest BCUT2D eigenvalue weighted by Crippen LogP contribution is -2.53. The van der Waals surface area contributed by atoms with Crippen molar-refractivity contribution in [3.05, 3.63) is 23.3 Å². The molecule has 1 N–H and O–H groups in total. The Hall–Kier alpha value is -1.38. The highest BCUT2D eigenvalue weighted by atomic mass is 16.4. The van der Waals surface area contributed by atoms with E-state index in [1.165, 1.54) is 5.57 Å². The fraction of sp³-hybridized carbons (Fsp3) is 0.600. The molecule has 0 saturated heterocycles. The minimum Gasteiger partial charge on any atom is -0.478 e. The number of carboxylic acids is 1. The highest BCUT2D eigenvalue weighted by Gasteiger charge is 2.56. The number of rotatable bonds is 4. The summed E-state index contributed by atoms with van der Waals surface area (Å²) in [6.07, 6.45) is 6.18. The zero-order valence-electron chi connectivity index (χ0n) is 11.2. The molecule has 0 aromatic rings. The van der Waals surface area contributed by atoms with Gasteiger partial charge in [0, 0.05) is 11.5 Å². The van der Waals surface area contributed by atoms with Gasteiger partial charge in [0.25, 0.3) is 0 Å². The predicted molar refractivity (Wildman–Crippen MR) is 69.1 cm³/mol. The van der Waals surface area contributed by atoms with Crippen LogP contribution in [-0.2, 0) is 9.59 Å². The molecule has 0 aromatic carbocycles. The van der Waals surface area contributed by atoms with Crippen molar-refractivity contribution in [1.82, 2.24) is 0 Å². The van der Waals surface area contributed by atoms with E-state index in [2.05, 4.69) is 6.92 Å². The van der Waals surface area contributed by atoms with E-state index in [-0.39, 0.29) is 17.1 Å². The lowest BCUT2D eigenvalue weighted by atomic mass is 9.46. The molecule has 18 heavy (non-hydrogen) atoms. The topological polar surface area (TPSA) is 54.4 Å². The van der Waals surface area contributed by atoms with E-state index in [1.54, 1.807) is 19.1 Å². The second-order valence-electron chi connectivity index (χ2n) is 5.87. The third kappa shape index (κ3) is 1.92. The molecule has 0 heterocycles. The lowest BCUT2D eigenvalue weighted by molar-refractivity contribution is -0.136. The zero-order chi connectivity index (χ0) is 13.5. The molecular formula is C15H20O3. The van der Waals surface area contributed by atoms with Crippen LogP contribution in [0.1, 0.15) is 40.0 Å². The number of aliphatic carboxylic acids is 1. The van der Waals surface area contributed by atoms with Gasteiger partial charge in [0.15, 0.2) is 5.78 Å². The second kappa shape index (κ2) is 4.38. The van der Waals surface area contributed by atoms with E-state index in [4.69, 9.17) is 5.11 Å². The van der Waals surface area contributed by atoms with Gasteiger partial charge in [-0.25, -0.2) is 4.79 Å². The van der Waals surface area contributed by atoms with Gasteiger partial charge in [-0.15, -0.1) is 0 Å². The Kier molecular flexibility index (Phi) is 3.18. The summed E-state index contributed by atoms with van der Waals surface area (Å²) in [4.78, 5) is 22.6. The van der Waals surface area contributed by atoms with Crippen molar-refractivity contribution in [3.63, 3.8) is 0 Å². The first-order valence-electron chi connectivity index (χ1n) is 6.48. The SMILES string of the molecule is CC1=CC(=O)[C@H]2C[C@@H]1[C@]2(C)CC/C=C(\C)C(=O)O. The Morgan fingerprint density at radius 2 is 2.22 bits per heavy atom. The maximum atomic E-state index is 11.9. The summed E-state index contributed by atoms with van der Waals surface area (Å²) < 4.78 is 0. The van der Waals surface area contributed by atoms with E-state index in [0.29, 0.717) is 11.5 Å². The van der Waals surface area contributed by atoms with Crippen LogP contribution < -0.4 is 0 Å². The fourth-order valence-corrected chi connectivity index (χ4v) is 3.46. The molecule has 2 bridgehead atoms. The minimum absolute atomic E-state index is 0.0468. The molecular weight excluding hydrogens is 228 g/mol. The van der Waals surface area contributed by atoms with Crippen molar-refractivity contribution >= 4 is 11.8 Å². The molecule has 0 amide bonds. The molecule has 0 aromatic heterocycles. The van der Waals surface area contributed by atoms with E-state index >= 15 is 0 Å². The molecule has 0 spiro atoms. The van der Waals surface area contributed by atoms with Gasteiger partial charge in [-0.1, -0.05) is 18.6 Å². The van der Waals surface area contributed by atoms with Gasteiger partial charge in [0.2, 0.25) is 0 Å². The van der Waals surface area contributed by atoms with E-state index in [1.807, 2.05) is 6.92 Å². The Balaban J connectivity index is 2.03. The van der Waals surface area contributed by atoms with Gasteiger partial charge in [0.05, 0.1) is 0 Å². The van der Waals surface area contributed by atoms with E-state index in [0.717, 1.165) is 19.3 Å². The zero-order valence-corrected chi connectivity index (χ0v) is 11.2. The maximum Gasteiger partial charge on any atom is 0.330 e. The largest absolute Gasteiger partial charge is 0.478 e. The summed E-state index contributed by atoms with van der Waals surface area (Å²) in [6, 6.07) is 0. The van der Waals surface area contributed by atoms with Crippen molar-refractivity contribution < 1.29 is 14.7 Å². The van der Waals surface area contributed by atoms with Crippen molar-refractivity contribution in [2.45, 2.75) is 40.0 Å². The number of carboxylic acid groups (broad SMARTS) is 1. The molecule has 98 valence electrons. The number of carbonyl (C=O) groups is 2. The Morgan fingerprint density at radius 1 is 1.56 bits per heavy atom. The van der Waals surface area contributed by atoms with Crippen LogP contribution in [0.3, 0.4) is 0 Å². The Morgan fingerprint density at radius 3 is 2.72 bits per heavy atom. The number of fused-ring (bicyclic) bond motifs is 1. The summed E-state index contributed by atoms with van der Waals surface area (Å²) in [6.45, 7) is 5.82. The fourth-order valence-electron chi connectivity index (χ4n) is 3.46. The van der Waals surface area contributed by atoms with Gasteiger partial charge >= 0.3 is 5.97 Å². The van der Waals surface area contributed by atoms with Crippen LogP contribution in [0.5, 0.6) is 0 Å². The van der Waals surface area contributed by atoms with Crippen LogP contribution in [0, 0.1) is 17.3 Å². The van der Waals surface area contributed by atoms with E-state index < -0.39 is 5.97 Å². The normalized spacial score (nSPS) is 34.9. The first-order valence-corrected chi connectivity index (χ1v) is 6.48. The molecule has 1 saturated carbocycles. The van der Waals surface area contributed by atoms with Crippen LogP contribution in [0.25, 0.3) is 0 Å². The van der Waals surface area contributed by atoms with Crippen LogP contribution in [0.4, 0.5) is 0 Å².